The molecule has 3 N–H and O–H groups in total. The van der Waals surface area contributed by atoms with Gasteiger partial charge in [-0.05, 0) is 60.7 Å². The Labute approximate surface area is 207 Å². The van der Waals surface area contributed by atoms with Gasteiger partial charge < -0.3 is 15.4 Å². The van der Waals surface area contributed by atoms with Gasteiger partial charge in [0, 0.05) is 32.3 Å². The highest BCUT2D eigenvalue weighted by molar-refractivity contribution is 9.10. The molecule has 0 bridgehead atoms. The average molecular weight is 542 g/mol. The molecule has 0 unspecified atom stereocenters. The summed E-state index contributed by atoms with van der Waals surface area (Å²) in [6, 6.07) is 20.1. The van der Waals surface area contributed by atoms with Gasteiger partial charge in [-0.25, -0.2) is 4.68 Å². The van der Waals surface area contributed by atoms with Gasteiger partial charge in [0.05, 0.1) is 12.6 Å². The van der Waals surface area contributed by atoms with E-state index in [1.54, 1.807) is 72.8 Å². The van der Waals surface area contributed by atoms with Gasteiger partial charge in [-0.3, -0.25) is 19.8 Å². The molecule has 34 heavy (non-hydrogen) atoms. The molecule has 0 spiro atoms. The zero-order chi connectivity index (χ0) is 24.2. The predicted molar refractivity (Wildman–Crippen MR) is 135 cm³/mol. The monoisotopic (exact) mass is 540 g/mol. The summed E-state index contributed by atoms with van der Waals surface area (Å²) >= 11 is 9.45. The Balaban J connectivity index is 1.61. The lowest BCUT2D eigenvalue weighted by Crippen LogP contribution is -2.36. The van der Waals surface area contributed by atoms with E-state index in [1.807, 2.05) is 0 Å². The normalized spacial score (nSPS) is 10.6. The summed E-state index contributed by atoms with van der Waals surface area (Å²) in [6.07, 6.45) is 0. The van der Waals surface area contributed by atoms with Crippen molar-refractivity contribution >= 4 is 67.5 Å². The third-order valence-electron chi connectivity index (χ3n) is 4.85. The first-order chi connectivity index (χ1) is 16.3. The van der Waals surface area contributed by atoms with E-state index in [2.05, 4.69) is 32.0 Å². The smallest absolute Gasteiger partial charge is 0.328 e. The molecule has 1 heterocycles. The third kappa shape index (κ3) is 5.22. The van der Waals surface area contributed by atoms with E-state index in [-0.39, 0.29) is 5.69 Å². The number of amides is 3. The van der Waals surface area contributed by atoms with Crippen molar-refractivity contribution < 1.29 is 19.1 Å². The van der Waals surface area contributed by atoms with Crippen molar-refractivity contribution in [1.82, 2.24) is 4.68 Å². The summed E-state index contributed by atoms with van der Waals surface area (Å²) in [5.41, 5.74) is 4.05. The van der Waals surface area contributed by atoms with Crippen LogP contribution in [-0.2, 0) is 9.59 Å². The molecule has 1 aromatic heterocycles. The molecule has 0 radical (unpaired) electrons. The Morgan fingerprint density at radius 1 is 0.882 bits per heavy atom. The van der Waals surface area contributed by atoms with Crippen LogP contribution in [0.3, 0.4) is 0 Å². The van der Waals surface area contributed by atoms with Crippen molar-refractivity contribution in [2.45, 2.75) is 0 Å². The Morgan fingerprint density at radius 2 is 1.65 bits per heavy atom. The van der Waals surface area contributed by atoms with Crippen LogP contribution in [0.1, 0.15) is 10.5 Å². The van der Waals surface area contributed by atoms with Crippen molar-refractivity contribution in [3.63, 3.8) is 0 Å². The van der Waals surface area contributed by atoms with Crippen molar-refractivity contribution in [3.05, 3.63) is 88.0 Å². The number of nitrogens with zero attached hydrogens (tertiary/aromatic N) is 1. The van der Waals surface area contributed by atoms with Crippen LogP contribution in [0.4, 0.5) is 11.4 Å². The molecule has 0 aliphatic rings. The van der Waals surface area contributed by atoms with Crippen LogP contribution in [0, 0.1) is 0 Å². The number of benzene rings is 3. The van der Waals surface area contributed by atoms with Crippen LogP contribution in [0.2, 0.25) is 5.02 Å². The first kappa shape index (κ1) is 23.3. The molecule has 10 heteroatoms. The quantitative estimate of drug-likeness (QED) is 0.309. The van der Waals surface area contributed by atoms with Gasteiger partial charge in [-0.2, -0.15) is 0 Å². The molecule has 3 aromatic carbocycles. The van der Waals surface area contributed by atoms with Crippen LogP contribution in [0.25, 0.3) is 10.9 Å². The number of anilines is 2. The first-order valence-corrected chi connectivity index (χ1v) is 11.2. The number of carbonyl (C=O) groups is 3. The summed E-state index contributed by atoms with van der Waals surface area (Å²) in [5.74, 6) is -1.84. The van der Waals surface area contributed by atoms with Gasteiger partial charge in [0.25, 0.3) is 5.91 Å². The van der Waals surface area contributed by atoms with E-state index in [4.69, 9.17) is 16.3 Å². The Kier molecular flexibility index (Phi) is 6.85. The summed E-state index contributed by atoms with van der Waals surface area (Å²) < 4.78 is 7.25. The molecule has 4 rings (SSSR count). The van der Waals surface area contributed by atoms with Crippen LogP contribution in [0.15, 0.2) is 77.3 Å². The first-order valence-electron chi connectivity index (χ1n) is 9.98. The number of hydrogen-bond acceptors (Lipinski definition) is 4. The van der Waals surface area contributed by atoms with Crippen LogP contribution < -0.4 is 20.8 Å². The fraction of sp³-hybridized carbons (Fsp3) is 0.0417. The van der Waals surface area contributed by atoms with Gasteiger partial charge in [0.15, 0.2) is 0 Å². The van der Waals surface area contributed by atoms with Gasteiger partial charge in [-0.1, -0.05) is 33.6 Å². The lowest BCUT2D eigenvalue weighted by atomic mass is 10.2. The van der Waals surface area contributed by atoms with E-state index in [9.17, 15) is 14.4 Å². The molecule has 4 aromatic rings. The number of halogens is 2. The number of fused-ring (bicyclic) bond motifs is 1. The van der Waals surface area contributed by atoms with Crippen molar-refractivity contribution in [2.75, 3.05) is 23.2 Å². The summed E-state index contributed by atoms with van der Waals surface area (Å²) in [4.78, 5) is 38.3. The van der Waals surface area contributed by atoms with Crippen molar-refractivity contribution in [1.29, 1.82) is 0 Å². The molecular weight excluding hydrogens is 524 g/mol. The fourth-order valence-electron chi connectivity index (χ4n) is 3.24. The molecule has 3 amide bonds. The van der Waals surface area contributed by atoms with E-state index in [0.29, 0.717) is 33.0 Å². The minimum absolute atomic E-state index is 0.114. The molecule has 172 valence electrons. The van der Waals surface area contributed by atoms with E-state index < -0.39 is 17.7 Å². The summed E-state index contributed by atoms with van der Waals surface area (Å²) in [6.45, 7) is 0. The number of nitrogens with one attached hydrogen (secondary N) is 3. The van der Waals surface area contributed by atoms with E-state index >= 15 is 0 Å². The number of hydrogen-bond donors (Lipinski definition) is 3. The van der Waals surface area contributed by atoms with E-state index in [0.717, 1.165) is 4.47 Å². The number of carbonyl (C=O) groups excluding carboxylic acids is 3. The van der Waals surface area contributed by atoms with Crippen molar-refractivity contribution in [3.8, 4) is 5.75 Å². The highest BCUT2D eigenvalue weighted by Crippen LogP contribution is 2.24. The standard InChI is InChI=1S/C24H18BrClN4O4/c1-34-19-4-2-3-18(13-19)28-23(32)24(33)29-30-20-10-7-16(26)11-14(20)12-21(30)22(31)27-17-8-5-15(25)6-9-17/h2-13H,1H3,(H,27,31)(H,28,32)(H,29,33). The molecule has 0 aliphatic heterocycles. The highest BCUT2D eigenvalue weighted by Gasteiger charge is 2.21. The van der Waals surface area contributed by atoms with Gasteiger partial charge >= 0.3 is 11.8 Å². The molecule has 0 aliphatic carbocycles. The fourth-order valence-corrected chi connectivity index (χ4v) is 3.69. The van der Waals surface area contributed by atoms with Gasteiger partial charge in [0.2, 0.25) is 0 Å². The maximum absolute atomic E-state index is 13.0. The van der Waals surface area contributed by atoms with E-state index in [1.165, 1.54) is 11.8 Å². The summed E-state index contributed by atoms with van der Waals surface area (Å²) in [7, 11) is 1.50. The number of methoxy groups -OCH3 is 1. The Morgan fingerprint density at radius 3 is 2.38 bits per heavy atom. The maximum atomic E-state index is 13.0. The second-order valence-corrected chi connectivity index (χ2v) is 8.51. The number of rotatable bonds is 5. The zero-order valence-electron chi connectivity index (χ0n) is 17.8. The second-order valence-electron chi connectivity index (χ2n) is 7.16. The molecule has 0 fully saturated rings. The average Bonchev–Trinajstić information content (AvgIpc) is 3.18. The zero-order valence-corrected chi connectivity index (χ0v) is 20.1. The minimum atomic E-state index is -0.965. The van der Waals surface area contributed by atoms with Crippen LogP contribution >= 0.6 is 27.5 Å². The molecular formula is C24H18BrClN4O4. The van der Waals surface area contributed by atoms with Crippen molar-refractivity contribution in [2.24, 2.45) is 0 Å². The molecule has 8 nitrogen and oxygen atoms in total. The Bertz CT molecular complexity index is 1400. The molecule has 0 atom stereocenters. The summed E-state index contributed by atoms with van der Waals surface area (Å²) in [5, 5.41) is 6.36. The van der Waals surface area contributed by atoms with Gasteiger partial charge in [0.1, 0.15) is 11.4 Å². The lowest BCUT2D eigenvalue weighted by Gasteiger charge is -2.13. The number of ether oxygens (including phenoxy) is 1. The third-order valence-corrected chi connectivity index (χ3v) is 5.61. The van der Waals surface area contributed by atoms with Crippen LogP contribution in [0.5, 0.6) is 5.75 Å². The largest absolute Gasteiger partial charge is 0.497 e. The minimum Gasteiger partial charge on any atom is -0.497 e. The topological polar surface area (TPSA) is 101 Å². The molecule has 0 saturated carbocycles. The van der Waals surface area contributed by atoms with Crippen LogP contribution in [-0.4, -0.2) is 29.5 Å². The SMILES string of the molecule is COc1cccc(NC(=O)C(=O)Nn2c(C(=O)Nc3ccc(Br)cc3)cc3cc(Cl)ccc32)c1. The highest BCUT2D eigenvalue weighted by atomic mass is 79.9. The predicted octanol–water partition coefficient (Wildman–Crippen LogP) is 5.03. The van der Waals surface area contributed by atoms with Gasteiger partial charge in [-0.15, -0.1) is 0 Å². The second kappa shape index (κ2) is 9.98. The molecule has 0 saturated heterocycles. The maximum Gasteiger partial charge on any atom is 0.328 e. The lowest BCUT2D eigenvalue weighted by molar-refractivity contribution is -0.133. The number of aromatic nitrogens is 1. The Hall–Kier alpha value is -3.82.